The highest BCUT2D eigenvalue weighted by Gasteiger charge is 2.37. The quantitative estimate of drug-likeness (QED) is 0.0349. The normalized spacial score (nSPS) is 16.2. The Hall–Kier alpha value is -5.76. The van der Waals surface area contributed by atoms with Gasteiger partial charge in [0.15, 0.2) is 6.04 Å². The number of amides is 6. The fraction of sp³-hybridized carbons (Fsp3) is 0.647. The third-order valence-corrected chi connectivity index (χ3v) is 8.65. The highest BCUT2D eigenvalue weighted by Crippen LogP contribution is 2.08. The summed E-state index contributed by atoms with van der Waals surface area (Å²) < 4.78 is 0. The van der Waals surface area contributed by atoms with E-state index in [-0.39, 0.29) is 12.8 Å². The van der Waals surface area contributed by atoms with Crippen LogP contribution in [-0.2, 0) is 49.6 Å². The average Bonchev–Trinajstić information content (AvgIpc) is 3.66. The van der Waals surface area contributed by atoms with Gasteiger partial charge >= 0.3 is 17.9 Å². The Kier molecular flexibility index (Phi) is 22.2. The molecule has 0 aliphatic carbocycles. The van der Waals surface area contributed by atoms with Crippen LogP contribution in [0.5, 0.6) is 0 Å². The number of aliphatic carboxylic acids is 3. The van der Waals surface area contributed by atoms with Gasteiger partial charge < -0.3 is 79.0 Å². The predicted octanol–water partition coefficient (Wildman–Crippen LogP) is -5.73. The molecule has 6 amide bonds. The Bertz CT molecular complexity index is 1590. The van der Waals surface area contributed by atoms with E-state index in [2.05, 4.69) is 36.6 Å². The summed E-state index contributed by atoms with van der Waals surface area (Å²) >= 11 is 0. The Morgan fingerprint density at radius 3 is 1.46 bits per heavy atom. The molecule has 0 radical (unpaired) electrons. The molecule has 10 atom stereocenters. The van der Waals surface area contributed by atoms with E-state index in [1.807, 2.05) is 5.32 Å². The highest BCUT2D eigenvalue weighted by molar-refractivity contribution is 5.97. The number of carboxylic acid groups (broad SMARTS) is 3. The van der Waals surface area contributed by atoms with Crippen molar-refractivity contribution in [2.75, 3.05) is 6.54 Å². The third kappa shape index (κ3) is 18.6. The van der Waals surface area contributed by atoms with E-state index in [0.29, 0.717) is 25.1 Å². The van der Waals surface area contributed by atoms with Crippen LogP contribution in [0.4, 0.5) is 0 Å². The van der Waals surface area contributed by atoms with Crippen molar-refractivity contribution in [3.8, 4) is 0 Å². The van der Waals surface area contributed by atoms with Crippen LogP contribution in [0.2, 0.25) is 0 Å². The van der Waals surface area contributed by atoms with Crippen molar-refractivity contribution in [1.29, 1.82) is 0 Å². The van der Waals surface area contributed by atoms with Crippen molar-refractivity contribution in [1.82, 2.24) is 41.9 Å². The fourth-order valence-electron chi connectivity index (χ4n) is 5.30. The third-order valence-electron chi connectivity index (χ3n) is 8.65. The van der Waals surface area contributed by atoms with Crippen molar-refractivity contribution in [3.63, 3.8) is 0 Å². The van der Waals surface area contributed by atoms with E-state index < -0.39 is 140 Å². The molecule has 1 rings (SSSR count). The number of H-pyrrole nitrogens is 1. The number of nitrogens with one attached hydrogen (secondary N) is 7. The summed E-state index contributed by atoms with van der Waals surface area (Å²) in [4.78, 5) is 121. The maximum absolute atomic E-state index is 13.6. The van der Waals surface area contributed by atoms with E-state index in [1.54, 1.807) is 0 Å². The molecule has 25 nitrogen and oxygen atoms in total. The Morgan fingerprint density at radius 2 is 1.03 bits per heavy atom. The number of hydrogen-bond acceptors (Lipinski definition) is 15. The average molecular weight is 845 g/mol. The van der Waals surface area contributed by atoms with E-state index in [1.165, 1.54) is 12.5 Å². The summed E-state index contributed by atoms with van der Waals surface area (Å²) in [6, 6.07) is -11.6. The van der Waals surface area contributed by atoms with Crippen molar-refractivity contribution < 1.29 is 73.8 Å². The number of nitrogens with two attached hydrogens (primary N) is 2. The predicted molar refractivity (Wildman–Crippen MR) is 201 cm³/mol. The lowest BCUT2D eigenvalue weighted by molar-refractivity contribution is -0.146. The molecule has 0 aliphatic heterocycles. The molecule has 0 saturated carbocycles. The number of nitrogens with zero attached hydrogens (tertiary/aromatic N) is 1. The van der Waals surface area contributed by atoms with Crippen LogP contribution in [0.15, 0.2) is 12.5 Å². The monoisotopic (exact) mass is 844 g/mol. The number of carbonyl (C=O) groups excluding carboxylic acids is 6. The molecule has 0 aromatic carbocycles. The molecular weight excluding hydrogens is 788 g/mol. The molecule has 59 heavy (non-hydrogen) atoms. The first-order valence-electron chi connectivity index (χ1n) is 18.5. The van der Waals surface area contributed by atoms with Gasteiger partial charge in [-0.3, -0.25) is 38.4 Å². The summed E-state index contributed by atoms with van der Waals surface area (Å²) in [6.07, 6.45) is -3.83. The topological polar surface area (TPSA) is 428 Å². The van der Waals surface area contributed by atoms with Crippen LogP contribution in [-0.4, -0.2) is 161 Å². The smallest absolute Gasteiger partial charge is 0.328 e. The summed E-state index contributed by atoms with van der Waals surface area (Å²) in [5.74, 6) is -11.2. The van der Waals surface area contributed by atoms with Crippen LogP contribution in [0.1, 0.15) is 71.4 Å². The molecule has 1 aromatic heterocycles. The zero-order valence-corrected chi connectivity index (χ0v) is 32.8. The molecule has 25 heteroatoms. The molecule has 1 aromatic rings. The van der Waals surface area contributed by atoms with Crippen LogP contribution < -0.4 is 43.4 Å². The van der Waals surface area contributed by atoms with Crippen LogP contribution >= 0.6 is 0 Å². The minimum absolute atomic E-state index is 0.179. The summed E-state index contributed by atoms with van der Waals surface area (Å²) in [6.45, 7) is 3.50. The van der Waals surface area contributed by atoms with Gasteiger partial charge in [-0.05, 0) is 53.0 Å². The van der Waals surface area contributed by atoms with E-state index >= 15 is 0 Å². The molecule has 0 spiro atoms. The van der Waals surface area contributed by atoms with Gasteiger partial charge in [-0.1, -0.05) is 6.42 Å². The van der Waals surface area contributed by atoms with Gasteiger partial charge in [0.25, 0.3) is 0 Å². The largest absolute Gasteiger partial charge is 0.481 e. The Balaban J connectivity index is 3.31. The van der Waals surface area contributed by atoms with Crippen molar-refractivity contribution in [2.45, 2.75) is 133 Å². The van der Waals surface area contributed by atoms with Crippen molar-refractivity contribution in [3.05, 3.63) is 18.2 Å². The lowest BCUT2D eigenvalue weighted by atomic mass is 10.0. The molecule has 0 unspecified atom stereocenters. The number of imidazole rings is 1. The van der Waals surface area contributed by atoms with Gasteiger partial charge in [-0.25, -0.2) is 9.78 Å². The summed E-state index contributed by atoms with van der Waals surface area (Å²) in [7, 11) is 0. The molecule has 0 saturated heterocycles. The summed E-state index contributed by atoms with van der Waals surface area (Å²) in [5.41, 5.74) is 11.9. The maximum Gasteiger partial charge on any atom is 0.328 e. The lowest BCUT2D eigenvalue weighted by Crippen LogP contribution is -2.63. The molecule has 0 aliphatic rings. The second kappa shape index (κ2) is 25.6. The second-order valence-corrected chi connectivity index (χ2v) is 13.7. The Labute approximate surface area is 337 Å². The number of aromatic amines is 1. The zero-order chi connectivity index (χ0) is 45.0. The van der Waals surface area contributed by atoms with Crippen molar-refractivity contribution >= 4 is 53.4 Å². The van der Waals surface area contributed by atoms with Gasteiger partial charge in [0.1, 0.15) is 30.2 Å². The molecule has 17 N–H and O–H groups in total. The number of aromatic nitrogens is 2. The van der Waals surface area contributed by atoms with Gasteiger partial charge in [-0.2, -0.15) is 0 Å². The van der Waals surface area contributed by atoms with Crippen LogP contribution in [0.3, 0.4) is 0 Å². The standard InChI is InChI=1S/C34H56N10O15/c1-15(45)25(32(56)40-21(8-10-24(50)51)30(54)44-27(17(3)47)34(58)59)43-33(57)26(16(2)46)42-29(53)20(7-9-23(48)49)39-31(55)22(12-18-13-37-14-38-18)41-28(52)19(36)6-4-5-11-35/h13-17,19-22,25-27,45-47H,4-12,35-36H2,1-3H3,(H,37,38)(H,39,55)(H,40,56)(H,41,52)(H,42,53)(H,43,57)(H,44,54)(H,48,49)(H,50,51)(H,58,59)/t15-,16-,17-,19+,20+,21+,22+,25+,26+,27+/m1/s1. The maximum atomic E-state index is 13.6. The molecule has 0 bridgehead atoms. The van der Waals surface area contributed by atoms with Crippen molar-refractivity contribution in [2.24, 2.45) is 11.5 Å². The first-order chi connectivity index (χ1) is 27.6. The SMILES string of the molecule is C[C@@H](O)[C@H](NC(=O)[C@H](CCC(=O)O)NC(=O)[C@@H](NC(=O)[C@@H](NC(=O)[C@H](CCC(=O)O)NC(=O)[C@H](Cc1cnc[nH]1)NC(=O)[C@@H](N)CCCCN)[C@@H](C)O)[C@@H](C)O)C(=O)O. The molecule has 0 fully saturated rings. The minimum atomic E-state index is -1.95. The van der Waals surface area contributed by atoms with Gasteiger partial charge in [0.05, 0.1) is 30.7 Å². The molecule has 332 valence electrons. The van der Waals surface area contributed by atoms with Gasteiger partial charge in [0, 0.05) is 31.2 Å². The van der Waals surface area contributed by atoms with Gasteiger partial charge in [-0.15, -0.1) is 0 Å². The number of aliphatic hydroxyl groups excluding tert-OH is 3. The molecular formula is C34H56N10O15. The first-order valence-corrected chi connectivity index (χ1v) is 18.5. The van der Waals surface area contributed by atoms with E-state index in [4.69, 9.17) is 16.6 Å². The summed E-state index contributed by atoms with van der Waals surface area (Å²) in [5, 5.41) is 71.7. The Morgan fingerprint density at radius 1 is 0.610 bits per heavy atom. The van der Waals surface area contributed by atoms with Crippen LogP contribution in [0.25, 0.3) is 0 Å². The number of carboxylic acids is 3. The van der Waals surface area contributed by atoms with E-state index in [9.17, 15) is 68.7 Å². The van der Waals surface area contributed by atoms with Gasteiger partial charge in [0.2, 0.25) is 35.4 Å². The minimum Gasteiger partial charge on any atom is -0.481 e. The zero-order valence-electron chi connectivity index (χ0n) is 32.8. The molecule has 1 heterocycles. The fourth-order valence-corrected chi connectivity index (χ4v) is 5.30. The number of rotatable bonds is 28. The lowest BCUT2D eigenvalue weighted by Gasteiger charge is -2.29. The highest BCUT2D eigenvalue weighted by atomic mass is 16.4. The number of hydrogen-bond donors (Lipinski definition) is 15. The number of unbranched alkanes of at least 4 members (excludes halogenated alkanes) is 1. The number of aliphatic hydroxyl groups is 3. The first kappa shape index (κ1) is 51.3. The second-order valence-electron chi connectivity index (χ2n) is 13.7. The number of carbonyl (C=O) groups is 9. The van der Waals surface area contributed by atoms with E-state index in [0.717, 1.165) is 20.8 Å². The van der Waals surface area contributed by atoms with Crippen LogP contribution in [0, 0.1) is 0 Å².